The predicted octanol–water partition coefficient (Wildman–Crippen LogP) is 0.343. The lowest BCUT2D eigenvalue weighted by atomic mass is 10.2. The third-order valence-corrected chi connectivity index (χ3v) is 4.23. The number of carbonyl (C=O) groups is 1. The molecule has 5 nitrogen and oxygen atoms in total. The standard InChI is InChI=1S/C11H16NO4P/c1-9-2-3-10(8-12-9)4-6-17(15,16)7-5-11(13)14/h2-3,8H,4-7H2,1H3,(H,13,14)(H,15,16)/p-1. The smallest absolute Gasteiger partial charge is 0.201 e. The Kier molecular flexibility index (Phi) is 4.85. The monoisotopic (exact) mass is 256 g/mol. The topological polar surface area (TPSA) is 90.3 Å². The molecule has 17 heavy (non-hydrogen) atoms. The maximum atomic E-state index is 11.6. The molecule has 0 amide bonds. The van der Waals surface area contributed by atoms with E-state index >= 15 is 0 Å². The largest absolute Gasteiger partial charge is 0.550 e. The summed E-state index contributed by atoms with van der Waals surface area (Å²) < 4.78 is 11.6. The summed E-state index contributed by atoms with van der Waals surface area (Å²) in [4.78, 5) is 23.8. The van der Waals surface area contributed by atoms with Crippen molar-refractivity contribution in [2.24, 2.45) is 0 Å². The van der Waals surface area contributed by atoms with Gasteiger partial charge in [0.05, 0.1) is 0 Å². The van der Waals surface area contributed by atoms with Gasteiger partial charge in [0.15, 0.2) is 0 Å². The van der Waals surface area contributed by atoms with Crippen molar-refractivity contribution >= 4 is 13.3 Å². The molecule has 1 heterocycles. The van der Waals surface area contributed by atoms with E-state index in [1.165, 1.54) is 0 Å². The normalized spacial score (nSPS) is 14.2. The first-order valence-corrected chi connectivity index (χ1v) is 7.34. The molecule has 1 unspecified atom stereocenters. The average Bonchev–Trinajstić information content (AvgIpc) is 2.26. The van der Waals surface area contributed by atoms with Gasteiger partial charge in [-0.3, -0.25) is 9.55 Å². The first kappa shape index (κ1) is 13.9. The zero-order valence-corrected chi connectivity index (χ0v) is 10.5. The molecule has 1 rings (SSSR count). The summed E-state index contributed by atoms with van der Waals surface area (Å²) >= 11 is 0. The molecule has 1 aromatic rings. The molecule has 0 saturated heterocycles. The van der Waals surface area contributed by atoms with Crippen molar-refractivity contribution in [3.8, 4) is 0 Å². The number of aliphatic carboxylic acids is 1. The number of nitrogens with zero attached hydrogens (tertiary/aromatic N) is 1. The number of carboxylic acid groups (broad SMARTS) is 1. The fourth-order valence-corrected chi connectivity index (χ4v) is 2.69. The van der Waals surface area contributed by atoms with Crippen molar-refractivity contribution in [3.63, 3.8) is 0 Å². The number of rotatable bonds is 6. The third kappa shape index (κ3) is 5.61. The summed E-state index contributed by atoms with van der Waals surface area (Å²) in [5.74, 6) is -1.30. The zero-order valence-electron chi connectivity index (χ0n) is 9.63. The van der Waals surface area contributed by atoms with E-state index in [4.69, 9.17) is 0 Å². The van der Waals surface area contributed by atoms with E-state index in [9.17, 15) is 19.4 Å². The lowest BCUT2D eigenvalue weighted by molar-refractivity contribution is -0.305. The molecule has 0 aliphatic rings. The molecule has 0 saturated carbocycles. The van der Waals surface area contributed by atoms with Crippen LogP contribution in [0.2, 0.25) is 0 Å². The quantitative estimate of drug-likeness (QED) is 0.741. The lowest BCUT2D eigenvalue weighted by Gasteiger charge is -2.11. The zero-order chi connectivity index (χ0) is 12.9. The second-order valence-electron chi connectivity index (χ2n) is 3.97. The average molecular weight is 256 g/mol. The molecule has 1 atom stereocenters. The van der Waals surface area contributed by atoms with E-state index in [0.717, 1.165) is 11.3 Å². The highest BCUT2D eigenvalue weighted by Crippen LogP contribution is 2.41. The molecule has 0 bridgehead atoms. The van der Waals surface area contributed by atoms with Crippen molar-refractivity contribution in [2.75, 3.05) is 12.3 Å². The maximum Gasteiger partial charge on any atom is 0.201 e. The summed E-state index contributed by atoms with van der Waals surface area (Å²) in [5.41, 5.74) is 1.76. The van der Waals surface area contributed by atoms with Crippen LogP contribution in [0.4, 0.5) is 0 Å². The van der Waals surface area contributed by atoms with Crippen LogP contribution in [-0.4, -0.2) is 28.2 Å². The Morgan fingerprint density at radius 1 is 1.47 bits per heavy atom. The Hall–Kier alpha value is -1.19. The second-order valence-corrected chi connectivity index (χ2v) is 6.56. The van der Waals surface area contributed by atoms with Gasteiger partial charge in [-0.1, -0.05) is 6.07 Å². The van der Waals surface area contributed by atoms with Gasteiger partial charge in [0.2, 0.25) is 7.37 Å². The molecule has 1 N–H and O–H groups in total. The molecule has 6 heteroatoms. The molecular formula is C11H15NO4P-. The first-order valence-electron chi connectivity index (χ1n) is 5.31. The van der Waals surface area contributed by atoms with Crippen molar-refractivity contribution in [1.29, 1.82) is 0 Å². The summed E-state index contributed by atoms with van der Waals surface area (Å²) in [6, 6.07) is 3.68. The van der Waals surface area contributed by atoms with Crippen LogP contribution < -0.4 is 5.11 Å². The molecule has 0 fully saturated rings. The minimum atomic E-state index is -3.37. The van der Waals surface area contributed by atoms with E-state index in [1.54, 1.807) is 6.20 Å². The van der Waals surface area contributed by atoms with Gasteiger partial charge < -0.3 is 14.8 Å². The fourth-order valence-electron chi connectivity index (χ4n) is 1.33. The minimum Gasteiger partial charge on any atom is -0.550 e. The van der Waals surface area contributed by atoms with E-state index < -0.39 is 13.3 Å². The highest BCUT2D eigenvalue weighted by molar-refractivity contribution is 7.58. The van der Waals surface area contributed by atoms with Gasteiger partial charge in [-0.05, 0) is 31.4 Å². The van der Waals surface area contributed by atoms with Crippen molar-refractivity contribution in [1.82, 2.24) is 4.98 Å². The highest BCUT2D eigenvalue weighted by Gasteiger charge is 2.17. The van der Waals surface area contributed by atoms with Crippen LogP contribution in [0, 0.1) is 6.92 Å². The lowest BCUT2D eigenvalue weighted by Crippen LogP contribution is -2.23. The Labute approximate surface area is 100.0 Å². The number of aryl methyl sites for hydroxylation is 2. The fraction of sp³-hybridized carbons (Fsp3) is 0.455. The molecule has 0 aromatic carbocycles. The molecule has 0 radical (unpaired) electrons. The molecule has 0 aliphatic carbocycles. The number of hydrogen-bond acceptors (Lipinski definition) is 4. The summed E-state index contributed by atoms with van der Waals surface area (Å²) in [7, 11) is -3.37. The Bertz CT molecular complexity index is 430. The van der Waals surface area contributed by atoms with Crippen molar-refractivity contribution < 1.29 is 19.4 Å². The van der Waals surface area contributed by atoms with Crippen LogP contribution >= 0.6 is 7.37 Å². The summed E-state index contributed by atoms with van der Waals surface area (Å²) in [6.45, 7) is 1.86. The van der Waals surface area contributed by atoms with Gasteiger partial charge in [-0.25, -0.2) is 0 Å². The molecule has 1 aromatic heterocycles. The molecule has 0 spiro atoms. The van der Waals surface area contributed by atoms with E-state index in [1.807, 2.05) is 19.1 Å². The van der Waals surface area contributed by atoms with Crippen LogP contribution in [0.25, 0.3) is 0 Å². The van der Waals surface area contributed by atoms with Crippen molar-refractivity contribution in [2.45, 2.75) is 19.8 Å². The molecule has 94 valence electrons. The van der Waals surface area contributed by atoms with Gasteiger partial charge in [-0.2, -0.15) is 0 Å². The summed E-state index contributed by atoms with van der Waals surface area (Å²) in [6.07, 6.45) is 1.56. The number of pyridine rings is 1. The van der Waals surface area contributed by atoms with Gasteiger partial charge >= 0.3 is 0 Å². The Balaban J connectivity index is 2.46. The second kappa shape index (κ2) is 5.94. The van der Waals surface area contributed by atoms with Crippen LogP contribution in [0.3, 0.4) is 0 Å². The maximum absolute atomic E-state index is 11.6. The SMILES string of the molecule is Cc1ccc(CCP(=O)(O)CCC(=O)[O-])cn1. The van der Waals surface area contributed by atoms with Crippen LogP contribution in [0.15, 0.2) is 18.3 Å². The van der Waals surface area contributed by atoms with Gasteiger partial charge in [0.1, 0.15) is 0 Å². The highest BCUT2D eigenvalue weighted by atomic mass is 31.2. The minimum absolute atomic E-state index is 0.0744. The molecular weight excluding hydrogens is 241 g/mol. The van der Waals surface area contributed by atoms with E-state index in [2.05, 4.69) is 4.98 Å². The van der Waals surface area contributed by atoms with Crippen molar-refractivity contribution in [3.05, 3.63) is 29.6 Å². The number of hydrogen-bond donors (Lipinski definition) is 1. The number of aromatic nitrogens is 1. The predicted molar refractivity (Wildman–Crippen MR) is 61.9 cm³/mol. The number of carbonyl (C=O) groups excluding carboxylic acids is 1. The Morgan fingerprint density at radius 3 is 2.71 bits per heavy atom. The first-order chi connectivity index (χ1) is 7.89. The van der Waals surface area contributed by atoms with Gasteiger partial charge in [0, 0.05) is 30.2 Å². The van der Waals surface area contributed by atoms with E-state index in [-0.39, 0.29) is 18.7 Å². The van der Waals surface area contributed by atoms with E-state index in [0.29, 0.717) is 6.42 Å². The van der Waals surface area contributed by atoms with Crippen LogP contribution in [0.5, 0.6) is 0 Å². The van der Waals surface area contributed by atoms with Gasteiger partial charge in [-0.15, -0.1) is 0 Å². The van der Waals surface area contributed by atoms with Crippen LogP contribution in [-0.2, 0) is 15.8 Å². The van der Waals surface area contributed by atoms with Crippen LogP contribution in [0.1, 0.15) is 17.7 Å². The third-order valence-electron chi connectivity index (χ3n) is 2.39. The molecule has 0 aliphatic heterocycles. The van der Waals surface area contributed by atoms with Gasteiger partial charge in [0.25, 0.3) is 0 Å². The summed E-state index contributed by atoms with van der Waals surface area (Å²) in [5, 5.41) is 10.2. The number of carboxylic acids is 1. The Morgan fingerprint density at radius 2 is 2.18 bits per heavy atom.